The average Bonchev–Trinajstić information content (AvgIpc) is 1.69. The van der Waals surface area contributed by atoms with Crippen molar-refractivity contribution in [3.05, 3.63) is 4.91 Å². The molecule has 1 atom stereocenters. The van der Waals surface area contributed by atoms with E-state index in [1.165, 1.54) is 0 Å². The van der Waals surface area contributed by atoms with Crippen molar-refractivity contribution in [2.75, 3.05) is 19.4 Å². The van der Waals surface area contributed by atoms with Gasteiger partial charge in [0.25, 0.3) is 0 Å². The Kier molecular flexibility index (Phi) is 1.71. The summed E-state index contributed by atoms with van der Waals surface area (Å²) in [5.74, 6) is 0. The molecule has 0 aromatic heterocycles. The van der Waals surface area contributed by atoms with E-state index in [0.717, 1.165) is 4.76 Å². The minimum atomic E-state index is 0.395. The van der Waals surface area contributed by atoms with E-state index in [1.54, 1.807) is 0 Å². The SMILES string of the molecule is O=[N+]1CCOPC1. The standard InChI is InChI=1S/C3H7NO2P/c5-4-1-2-6-7-3-4/h7H,1-3H2/q+1. The summed E-state index contributed by atoms with van der Waals surface area (Å²) in [5.41, 5.74) is 0. The molecule has 1 rings (SSSR count). The van der Waals surface area contributed by atoms with Gasteiger partial charge in [-0.2, -0.15) is 0 Å². The quantitative estimate of drug-likeness (QED) is 0.341. The summed E-state index contributed by atoms with van der Waals surface area (Å²) in [7, 11) is 0.395. The van der Waals surface area contributed by atoms with Crippen LogP contribution in [0.2, 0.25) is 0 Å². The molecule has 0 radical (unpaired) electrons. The van der Waals surface area contributed by atoms with Gasteiger partial charge in [0.05, 0.1) is 8.81 Å². The number of hydrogen-bond donors (Lipinski definition) is 0. The van der Waals surface area contributed by atoms with E-state index in [1.807, 2.05) is 0 Å². The van der Waals surface area contributed by atoms with Gasteiger partial charge in [0, 0.05) is 9.67 Å². The fraction of sp³-hybridized carbons (Fsp3) is 1.00. The van der Waals surface area contributed by atoms with E-state index in [2.05, 4.69) is 0 Å². The molecule has 0 aliphatic carbocycles. The van der Waals surface area contributed by atoms with Crippen LogP contribution in [0.5, 0.6) is 0 Å². The van der Waals surface area contributed by atoms with Gasteiger partial charge in [-0.15, -0.1) is 0 Å². The van der Waals surface area contributed by atoms with Gasteiger partial charge in [-0.1, -0.05) is 0 Å². The molecule has 1 fully saturated rings. The van der Waals surface area contributed by atoms with Crippen LogP contribution >= 0.6 is 8.81 Å². The van der Waals surface area contributed by atoms with Crippen LogP contribution in [0.4, 0.5) is 0 Å². The van der Waals surface area contributed by atoms with Crippen molar-refractivity contribution < 1.29 is 9.28 Å². The summed E-state index contributed by atoms with van der Waals surface area (Å²) in [6, 6.07) is 0. The summed E-state index contributed by atoms with van der Waals surface area (Å²) in [6.07, 6.45) is 0.569. The molecule has 0 amide bonds. The summed E-state index contributed by atoms with van der Waals surface area (Å²) in [4.78, 5) is 10.3. The zero-order valence-electron chi connectivity index (χ0n) is 3.89. The van der Waals surface area contributed by atoms with Crippen molar-refractivity contribution in [2.45, 2.75) is 0 Å². The van der Waals surface area contributed by atoms with Crippen LogP contribution in [-0.2, 0) is 4.52 Å². The molecule has 7 heavy (non-hydrogen) atoms. The molecule has 1 aliphatic heterocycles. The van der Waals surface area contributed by atoms with Crippen LogP contribution in [0.1, 0.15) is 0 Å². The van der Waals surface area contributed by atoms with E-state index in [9.17, 15) is 4.91 Å². The Balaban J connectivity index is 2.25. The second-order valence-electron chi connectivity index (χ2n) is 1.36. The Morgan fingerprint density at radius 2 is 2.57 bits per heavy atom. The molecule has 0 saturated carbocycles. The maximum absolute atomic E-state index is 10.3. The van der Waals surface area contributed by atoms with E-state index in [4.69, 9.17) is 4.52 Å². The minimum Gasteiger partial charge on any atom is -0.349 e. The van der Waals surface area contributed by atoms with Gasteiger partial charge in [-0.25, -0.2) is 0 Å². The summed E-state index contributed by atoms with van der Waals surface area (Å²) in [6.45, 7) is 1.16. The van der Waals surface area contributed by atoms with Gasteiger partial charge in [0.1, 0.15) is 6.61 Å². The molecular formula is C3H7NO2P+. The molecule has 4 heteroatoms. The third-order valence-corrected chi connectivity index (χ3v) is 1.68. The van der Waals surface area contributed by atoms with Crippen LogP contribution in [-0.4, -0.2) is 24.2 Å². The Morgan fingerprint density at radius 1 is 1.71 bits per heavy atom. The topological polar surface area (TPSA) is 29.3 Å². The molecule has 1 heterocycles. The smallest absolute Gasteiger partial charge is 0.230 e. The lowest BCUT2D eigenvalue weighted by Gasteiger charge is -2.01. The highest BCUT2D eigenvalue weighted by Gasteiger charge is 2.12. The Hall–Kier alpha value is -0.0100. The lowest BCUT2D eigenvalue weighted by atomic mass is 10.7. The first kappa shape index (κ1) is 5.13. The first-order valence-electron chi connectivity index (χ1n) is 2.16. The monoisotopic (exact) mass is 120 g/mol. The second-order valence-corrected chi connectivity index (χ2v) is 2.25. The van der Waals surface area contributed by atoms with Crippen LogP contribution < -0.4 is 0 Å². The fourth-order valence-electron chi connectivity index (χ4n) is 0.416. The molecule has 1 aliphatic rings. The van der Waals surface area contributed by atoms with Crippen molar-refractivity contribution in [1.82, 2.24) is 0 Å². The summed E-state index contributed by atoms with van der Waals surface area (Å²) >= 11 is 0. The summed E-state index contributed by atoms with van der Waals surface area (Å²) in [5, 5.41) is 0. The maximum Gasteiger partial charge on any atom is 0.230 e. The molecule has 1 saturated heterocycles. The Morgan fingerprint density at radius 3 is 2.86 bits per heavy atom. The van der Waals surface area contributed by atoms with E-state index >= 15 is 0 Å². The number of rotatable bonds is 0. The lowest BCUT2D eigenvalue weighted by molar-refractivity contribution is -0.537. The maximum atomic E-state index is 10.3. The highest BCUT2D eigenvalue weighted by molar-refractivity contribution is 7.31. The predicted molar refractivity (Wildman–Crippen MR) is 27.6 cm³/mol. The van der Waals surface area contributed by atoms with Crippen molar-refractivity contribution in [1.29, 1.82) is 0 Å². The zero-order valence-corrected chi connectivity index (χ0v) is 4.89. The van der Waals surface area contributed by atoms with E-state index in [0.29, 0.717) is 28.2 Å². The van der Waals surface area contributed by atoms with Crippen molar-refractivity contribution >= 4 is 8.81 Å². The fourth-order valence-corrected chi connectivity index (χ4v) is 1.05. The molecule has 1 unspecified atom stereocenters. The first-order chi connectivity index (χ1) is 3.39. The molecule has 0 bridgehead atoms. The van der Waals surface area contributed by atoms with Crippen LogP contribution in [0.3, 0.4) is 0 Å². The highest BCUT2D eigenvalue weighted by atomic mass is 31.1. The van der Waals surface area contributed by atoms with Gasteiger partial charge >= 0.3 is 0 Å². The van der Waals surface area contributed by atoms with Gasteiger partial charge in [0.15, 0.2) is 0 Å². The normalized spacial score (nSPS) is 26.0. The molecule has 0 aromatic carbocycles. The molecule has 0 spiro atoms. The molecule has 0 aromatic rings. The summed E-state index contributed by atoms with van der Waals surface area (Å²) < 4.78 is 5.96. The van der Waals surface area contributed by atoms with Crippen LogP contribution in [0.15, 0.2) is 0 Å². The Bertz CT molecular complexity index is 77.0. The van der Waals surface area contributed by atoms with Crippen molar-refractivity contribution in [3.8, 4) is 0 Å². The molecule has 40 valence electrons. The Labute approximate surface area is 43.5 Å². The highest BCUT2D eigenvalue weighted by Crippen LogP contribution is 2.14. The van der Waals surface area contributed by atoms with Gasteiger partial charge in [0.2, 0.25) is 12.8 Å². The van der Waals surface area contributed by atoms with Crippen LogP contribution in [0.25, 0.3) is 0 Å². The van der Waals surface area contributed by atoms with Gasteiger partial charge < -0.3 is 4.52 Å². The number of nitroso groups, excluding NO2 is 1. The predicted octanol–water partition coefficient (Wildman–Crippen LogP) is 0.346. The average molecular weight is 120 g/mol. The number of nitrogens with zero attached hydrogens (tertiary/aromatic N) is 1. The first-order valence-corrected chi connectivity index (χ1v) is 3.28. The van der Waals surface area contributed by atoms with E-state index < -0.39 is 0 Å². The zero-order chi connectivity index (χ0) is 5.11. The second kappa shape index (κ2) is 2.34. The van der Waals surface area contributed by atoms with Gasteiger partial charge in [-0.3, -0.25) is 0 Å². The molecule has 0 N–H and O–H groups in total. The van der Waals surface area contributed by atoms with E-state index in [-0.39, 0.29) is 0 Å². The minimum absolute atomic E-state index is 0.395. The molecule has 3 nitrogen and oxygen atoms in total. The van der Waals surface area contributed by atoms with Gasteiger partial charge in [-0.05, 0) is 0 Å². The third-order valence-electron chi connectivity index (χ3n) is 0.786. The van der Waals surface area contributed by atoms with Crippen LogP contribution in [0, 0.1) is 4.91 Å². The third kappa shape index (κ3) is 1.49. The van der Waals surface area contributed by atoms with Crippen molar-refractivity contribution in [2.24, 2.45) is 0 Å². The number of hydrogen-bond acceptors (Lipinski definition) is 2. The lowest BCUT2D eigenvalue weighted by Crippen LogP contribution is -2.17. The van der Waals surface area contributed by atoms with Crippen molar-refractivity contribution in [3.63, 3.8) is 0 Å². The largest absolute Gasteiger partial charge is 0.349 e. The molecular weight excluding hydrogens is 113 g/mol.